The molecule has 0 unspecified atom stereocenters. The highest BCUT2D eigenvalue weighted by Crippen LogP contribution is 2.30. The van der Waals surface area contributed by atoms with E-state index < -0.39 is 23.0 Å². The maximum absolute atomic E-state index is 12.6. The number of imide groups is 1. The van der Waals surface area contributed by atoms with Gasteiger partial charge in [0.2, 0.25) is 11.8 Å². The predicted octanol–water partition coefficient (Wildman–Crippen LogP) is 0.357. The number of benzene rings is 1. The molecule has 2 aromatic rings. The number of carboxylic acid groups (broad SMARTS) is 1. The van der Waals surface area contributed by atoms with E-state index in [2.05, 4.69) is 10.2 Å². The fourth-order valence-electron chi connectivity index (χ4n) is 2.42. The van der Waals surface area contributed by atoms with Gasteiger partial charge in [-0.25, -0.2) is 4.90 Å². The van der Waals surface area contributed by atoms with Gasteiger partial charge in [-0.15, -0.1) is 5.10 Å². The summed E-state index contributed by atoms with van der Waals surface area (Å²) in [6.45, 7) is 0. The van der Waals surface area contributed by atoms with Crippen LogP contribution in [0, 0.1) is 0 Å². The number of thioether (sulfide) groups is 1. The highest BCUT2D eigenvalue weighted by molar-refractivity contribution is 8.14. The van der Waals surface area contributed by atoms with Crippen molar-refractivity contribution in [1.82, 2.24) is 0 Å². The number of amidine groups is 1. The third-order valence-electron chi connectivity index (χ3n) is 3.59. The molecule has 2 amide bonds. The summed E-state index contributed by atoms with van der Waals surface area (Å²) < 4.78 is 5.05. The van der Waals surface area contributed by atoms with E-state index in [4.69, 9.17) is 10.2 Å². The van der Waals surface area contributed by atoms with Crippen molar-refractivity contribution >= 4 is 46.6 Å². The van der Waals surface area contributed by atoms with E-state index in [9.17, 15) is 19.5 Å². The van der Waals surface area contributed by atoms with E-state index in [1.165, 1.54) is 36.7 Å². The summed E-state index contributed by atoms with van der Waals surface area (Å²) >= 11 is 0.908. The highest BCUT2D eigenvalue weighted by atomic mass is 32.2. The summed E-state index contributed by atoms with van der Waals surface area (Å²) in [5.74, 6) is -1.87. The largest absolute Gasteiger partial charge is 0.545 e. The number of aromatic carboxylic acids is 1. The van der Waals surface area contributed by atoms with Gasteiger partial charge >= 0.3 is 0 Å². The molecule has 1 aromatic carbocycles. The van der Waals surface area contributed by atoms with Crippen molar-refractivity contribution < 1.29 is 23.9 Å². The summed E-state index contributed by atoms with van der Waals surface area (Å²) in [6.07, 6.45) is 2.75. The van der Waals surface area contributed by atoms with Crippen LogP contribution in [-0.2, 0) is 9.59 Å². The molecule has 138 valence electrons. The molecule has 0 aliphatic carbocycles. The number of nitrogens with two attached hydrogens (primary N) is 1. The van der Waals surface area contributed by atoms with Gasteiger partial charge < -0.3 is 20.1 Å². The molecule has 1 atom stereocenters. The average molecular weight is 385 g/mol. The zero-order valence-corrected chi connectivity index (χ0v) is 14.6. The maximum Gasteiger partial charge on any atom is 0.247 e. The Hall–Kier alpha value is -3.40. The summed E-state index contributed by atoms with van der Waals surface area (Å²) in [6, 6.07) is 8.80. The first-order valence-electron chi connectivity index (χ1n) is 7.70. The minimum Gasteiger partial charge on any atom is -0.545 e. The number of hydrogen-bond donors (Lipinski definition) is 1. The summed E-state index contributed by atoms with van der Waals surface area (Å²) in [5, 5.41) is 17.7. The predicted molar refractivity (Wildman–Crippen MR) is 97.2 cm³/mol. The molecule has 9 nitrogen and oxygen atoms in total. The molecule has 1 saturated heterocycles. The number of carbonyl (C=O) groups excluding carboxylic acids is 3. The molecule has 2 heterocycles. The molecule has 1 aromatic heterocycles. The van der Waals surface area contributed by atoms with Crippen LogP contribution in [0.1, 0.15) is 22.5 Å². The van der Waals surface area contributed by atoms with Gasteiger partial charge in [-0.3, -0.25) is 9.59 Å². The van der Waals surface area contributed by atoms with Crippen molar-refractivity contribution in [3.05, 3.63) is 54.0 Å². The van der Waals surface area contributed by atoms with Crippen molar-refractivity contribution in [1.29, 1.82) is 0 Å². The monoisotopic (exact) mass is 385 g/mol. The van der Waals surface area contributed by atoms with Crippen molar-refractivity contribution in [2.24, 2.45) is 15.9 Å². The van der Waals surface area contributed by atoms with Gasteiger partial charge in [0, 0.05) is 6.42 Å². The van der Waals surface area contributed by atoms with Gasteiger partial charge in [-0.2, -0.15) is 5.10 Å². The standard InChI is InChI=1S/C17H14N4O5S/c18-17(20-19-9-12-5-2-6-26-12)27-13-8-14(22)21(15(13)23)11-4-1-3-10(7-11)16(24)25/h1-7,9,13H,8H2,(H2,18,20)(H,24,25)/p-1/b19-9-/t13-/m0/s1. The lowest BCUT2D eigenvalue weighted by Gasteiger charge is -2.16. The van der Waals surface area contributed by atoms with Gasteiger partial charge in [0.15, 0.2) is 5.17 Å². The number of carboxylic acids is 1. The molecule has 2 N–H and O–H groups in total. The molecule has 0 bridgehead atoms. The Morgan fingerprint density at radius 3 is 2.85 bits per heavy atom. The number of rotatable bonds is 5. The second kappa shape index (κ2) is 7.87. The van der Waals surface area contributed by atoms with Crippen LogP contribution in [-0.4, -0.2) is 34.4 Å². The topological polar surface area (TPSA) is 141 Å². The smallest absolute Gasteiger partial charge is 0.247 e. The maximum atomic E-state index is 12.6. The summed E-state index contributed by atoms with van der Waals surface area (Å²) in [5.41, 5.74) is 5.79. The van der Waals surface area contributed by atoms with E-state index in [-0.39, 0.29) is 22.8 Å². The van der Waals surface area contributed by atoms with Crippen LogP contribution in [0.5, 0.6) is 0 Å². The third kappa shape index (κ3) is 4.23. The van der Waals surface area contributed by atoms with Crippen LogP contribution in [0.25, 0.3) is 0 Å². The quantitative estimate of drug-likeness (QED) is 0.339. The molecule has 3 rings (SSSR count). The molecule has 0 spiro atoms. The van der Waals surface area contributed by atoms with Gasteiger partial charge in [-0.05, 0) is 29.8 Å². The third-order valence-corrected chi connectivity index (χ3v) is 4.57. The number of anilines is 1. The number of carbonyl (C=O) groups is 3. The molecule has 1 fully saturated rings. The van der Waals surface area contributed by atoms with Gasteiger partial charge in [0.05, 0.1) is 24.1 Å². The van der Waals surface area contributed by atoms with E-state index in [0.29, 0.717) is 5.76 Å². The van der Waals surface area contributed by atoms with Gasteiger partial charge in [0.1, 0.15) is 11.0 Å². The zero-order valence-electron chi connectivity index (χ0n) is 13.8. The van der Waals surface area contributed by atoms with E-state index in [0.717, 1.165) is 16.7 Å². The van der Waals surface area contributed by atoms with E-state index >= 15 is 0 Å². The first-order valence-corrected chi connectivity index (χ1v) is 8.58. The van der Waals surface area contributed by atoms with Crippen molar-refractivity contribution in [3.63, 3.8) is 0 Å². The Morgan fingerprint density at radius 1 is 1.33 bits per heavy atom. The van der Waals surface area contributed by atoms with Crippen LogP contribution in [0.15, 0.2) is 57.3 Å². The lowest BCUT2D eigenvalue weighted by atomic mass is 10.2. The molecule has 10 heteroatoms. The molecule has 0 saturated carbocycles. The van der Waals surface area contributed by atoms with Crippen molar-refractivity contribution in [2.45, 2.75) is 11.7 Å². The molecule has 27 heavy (non-hydrogen) atoms. The second-order valence-corrected chi connectivity index (χ2v) is 6.64. The molecular formula is C17H13N4O5S-. The van der Waals surface area contributed by atoms with Crippen molar-refractivity contribution in [2.75, 3.05) is 4.90 Å². The van der Waals surface area contributed by atoms with Crippen LogP contribution in [0.2, 0.25) is 0 Å². The normalized spacial score (nSPS) is 17.9. The Morgan fingerprint density at radius 2 is 2.15 bits per heavy atom. The summed E-state index contributed by atoms with van der Waals surface area (Å²) in [7, 11) is 0. The molecular weight excluding hydrogens is 372 g/mol. The second-order valence-electron chi connectivity index (χ2n) is 5.41. The van der Waals surface area contributed by atoms with E-state index in [1.54, 1.807) is 12.1 Å². The Balaban J connectivity index is 1.70. The SMILES string of the molecule is NC(=N/N=C\c1ccco1)S[C@H]1CC(=O)N(c2cccc(C(=O)[O-])c2)C1=O. The first-order chi connectivity index (χ1) is 13.0. The fourth-order valence-corrected chi connectivity index (χ4v) is 3.23. The van der Waals surface area contributed by atoms with Gasteiger partial charge in [-0.1, -0.05) is 23.9 Å². The number of nitrogens with zero attached hydrogens (tertiary/aromatic N) is 3. The average Bonchev–Trinajstić information content (AvgIpc) is 3.23. The fraction of sp³-hybridized carbons (Fsp3) is 0.118. The summed E-state index contributed by atoms with van der Waals surface area (Å²) in [4.78, 5) is 36.7. The number of amides is 2. The Labute approximate surface area is 157 Å². The van der Waals surface area contributed by atoms with E-state index in [1.807, 2.05) is 0 Å². The molecule has 1 aliphatic rings. The lowest BCUT2D eigenvalue weighted by Crippen LogP contribution is -2.32. The highest BCUT2D eigenvalue weighted by Gasteiger charge is 2.40. The lowest BCUT2D eigenvalue weighted by molar-refractivity contribution is -0.255. The number of furan rings is 1. The number of hydrogen-bond acceptors (Lipinski definition) is 8. The zero-order chi connectivity index (χ0) is 19.4. The molecule has 0 radical (unpaired) electrons. The van der Waals surface area contributed by atoms with Gasteiger partial charge in [0.25, 0.3) is 0 Å². The van der Waals surface area contributed by atoms with Crippen LogP contribution in [0.4, 0.5) is 5.69 Å². The first kappa shape index (κ1) is 18.4. The van der Waals surface area contributed by atoms with Crippen LogP contribution < -0.4 is 15.7 Å². The Bertz CT molecular complexity index is 939. The minimum absolute atomic E-state index is 0.00860. The Kier molecular flexibility index (Phi) is 5.36. The van der Waals surface area contributed by atoms with Crippen LogP contribution in [0.3, 0.4) is 0 Å². The van der Waals surface area contributed by atoms with Crippen molar-refractivity contribution in [3.8, 4) is 0 Å². The minimum atomic E-state index is -1.40. The van der Waals surface area contributed by atoms with Crippen LogP contribution >= 0.6 is 11.8 Å². The molecule has 1 aliphatic heterocycles.